The third kappa shape index (κ3) is 2.47. The Balaban J connectivity index is 2.36. The quantitative estimate of drug-likeness (QED) is 0.816. The Labute approximate surface area is 92.4 Å². The maximum absolute atomic E-state index is 12.2. The van der Waals surface area contributed by atoms with Crippen LogP contribution in [0.4, 0.5) is 13.2 Å². The van der Waals surface area contributed by atoms with Gasteiger partial charge in [-0.2, -0.15) is 18.3 Å². The van der Waals surface area contributed by atoms with Crippen molar-refractivity contribution in [1.29, 1.82) is 0 Å². The minimum absolute atomic E-state index is 0.286. The lowest BCUT2D eigenvalue weighted by Crippen LogP contribution is -2.11. The van der Waals surface area contributed by atoms with E-state index in [0.717, 1.165) is 12.4 Å². The van der Waals surface area contributed by atoms with Crippen molar-refractivity contribution in [2.75, 3.05) is 0 Å². The highest BCUT2D eigenvalue weighted by Crippen LogP contribution is 2.26. The number of alkyl halides is 3. The lowest BCUT2D eigenvalue weighted by atomic mass is 10.2. The van der Waals surface area contributed by atoms with Crippen molar-refractivity contribution >= 4 is 0 Å². The number of aromatic amines is 1. The molecule has 0 atom stereocenters. The second kappa shape index (κ2) is 3.96. The van der Waals surface area contributed by atoms with Crippen molar-refractivity contribution in [2.45, 2.75) is 6.18 Å². The van der Waals surface area contributed by atoms with Gasteiger partial charge in [0.1, 0.15) is 0 Å². The molecule has 0 aliphatic heterocycles. The van der Waals surface area contributed by atoms with Crippen LogP contribution in [0, 0.1) is 0 Å². The standard InChI is InChI=1S/C9H5F3N4O/c10-9(11,12)8-13-3-5(4-14-8)6-1-2-7(17)16-15-6/h1-4H,(H,16,17). The summed E-state index contributed by atoms with van der Waals surface area (Å²) in [6, 6.07) is 2.57. The fourth-order valence-electron chi connectivity index (χ4n) is 1.11. The van der Waals surface area contributed by atoms with Crippen molar-refractivity contribution in [1.82, 2.24) is 20.2 Å². The molecule has 88 valence electrons. The van der Waals surface area contributed by atoms with Crippen molar-refractivity contribution in [3.05, 3.63) is 40.7 Å². The smallest absolute Gasteiger partial charge is 0.268 e. The first-order valence-electron chi connectivity index (χ1n) is 4.42. The Kier molecular flexibility index (Phi) is 2.62. The van der Waals surface area contributed by atoms with Gasteiger partial charge in [0.05, 0.1) is 5.69 Å². The highest BCUT2D eigenvalue weighted by atomic mass is 19.4. The second-order valence-corrected chi connectivity index (χ2v) is 3.10. The molecule has 2 aromatic rings. The number of halogens is 3. The van der Waals surface area contributed by atoms with Gasteiger partial charge >= 0.3 is 6.18 Å². The maximum atomic E-state index is 12.2. The summed E-state index contributed by atoms with van der Waals surface area (Å²) >= 11 is 0. The molecule has 2 aromatic heterocycles. The molecule has 2 heterocycles. The third-order valence-electron chi connectivity index (χ3n) is 1.88. The van der Waals surface area contributed by atoms with E-state index >= 15 is 0 Å². The van der Waals surface area contributed by atoms with E-state index in [1.807, 2.05) is 0 Å². The van der Waals surface area contributed by atoms with Crippen LogP contribution in [0.5, 0.6) is 0 Å². The Hall–Kier alpha value is -2.25. The van der Waals surface area contributed by atoms with E-state index in [0.29, 0.717) is 5.69 Å². The van der Waals surface area contributed by atoms with Crippen LogP contribution in [0.15, 0.2) is 29.3 Å². The van der Waals surface area contributed by atoms with Crippen molar-refractivity contribution in [3.8, 4) is 11.3 Å². The predicted octanol–water partition coefficient (Wildman–Crippen LogP) is 1.25. The zero-order chi connectivity index (χ0) is 12.5. The third-order valence-corrected chi connectivity index (χ3v) is 1.88. The number of hydrogen-bond donors (Lipinski definition) is 1. The van der Waals surface area contributed by atoms with Gasteiger partial charge < -0.3 is 0 Å². The average molecular weight is 242 g/mol. The lowest BCUT2D eigenvalue weighted by molar-refractivity contribution is -0.144. The van der Waals surface area contributed by atoms with E-state index in [1.165, 1.54) is 12.1 Å². The maximum Gasteiger partial charge on any atom is 0.451 e. The van der Waals surface area contributed by atoms with E-state index in [4.69, 9.17) is 0 Å². The highest BCUT2D eigenvalue weighted by Gasteiger charge is 2.34. The molecule has 0 bridgehead atoms. The first-order valence-corrected chi connectivity index (χ1v) is 4.42. The predicted molar refractivity (Wildman–Crippen MR) is 50.9 cm³/mol. The van der Waals surface area contributed by atoms with Gasteiger partial charge in [-0.05, 0) is 6.07 Å². The fraction of sp³-hybridized carbons (Fsp3) is 0.111. The SMILES string of the molecule is O=c1ccc(-c2cnc(C(F)(F)F)nc2)n[nH]1. The van der Waals surface area contributed by atoms with E-state index < -0.39 is 17.6 Å². The molecule has 1 N–H and O–H groups in total. The molecule has 0 aliphatic carbocycles. The number of nitrogens with zero attached hydrogens (tertiary/aromatic N) is 3. The van der Waals surface area contributed by atoms with Gasteiger partial charge in [-0.1, -0.05) is 0 Å². The summed E-state index contributed by atoms with van der Waals surface area (Å²) in [7, 11) is 0. The van der Waals surface area contributed by atoms with Gasteiger partial charge in [0, 0.05) is 24.0 Å². The van der Waals surface area contributed by atoms with Crippen LogP contribution in [0.2, 0.25) is 0 Å². The van der Waals surface area contributed by atoms with Gasteiger partial charge in [-0.15, -0.1) is 0 Å². The largest absolute Gasteiger partial charge is 0.451 e. The van der Waals surface area contributed by atoms with Gasteiger partial charge in [0.2, 0.25) is 5.82 Å². The number of rotatable bonds is 1. The molecule has 0 radical (unpaired) electrons. The van der Waals surface area contributed by atoms with Crippen LogP contribution >= 0.6 is 0 Å². The minimum atomic E-state index is -4.57. The van der Waals surface area contributed by atoms with Gasteiger partial charge in [-0.3, -0.25) is 4.79 Å². The number of H-pyrrole nitrogens is 1. The molecule has 0 saturated carbocycles. The normalized spacial score (nSPS) is 11.5. The summed E-state index contributed by atoms with van der Waals surface area (Å²) in [5, 5.41) is 5.80. The lowest BCUT2D eigenvalue weighted by Gasteiger charge is -2.04. The monoisotopic (exact) mass is 242 g/mol. The highest BCUT2D eigenvalue weighted by molar-refractivity contribution is 5.55. The summed E-state index contributed by atoms with van der Waals surface area (Å²) in [6.45, 7) is 0. The molecule has 0 saturated heterocycles. The summed E-state index contributed by atoms with van der Waals surface area (Å²) in [5.74, 6) is -1.22. The molecule has 0 amide bonds. The molecule has 8 heteroatoms. The number of aromatic nitrogens is 4. The van der Waals surface area contributed by atoms with E-state index in [-0.39, 0.29) is 5.56 Å². The summed E-state index contributed by atoms with van der Waals surface area (Å²) in [5.41, 5.74) is 0.175. The summed E-state index contributed by atoms with van der Waals surface area (Å²) in [4.78, 5) is 17.1. The van der Waals surface area contributed by atoms with Crippen LogP contribution < -0.4 is 5.56 Å². The molecular weight excluding hydrogens is 237 g/mol. The number of nitrogens with one attached hydrogen (secondary N) is 1. The van der Waals surface area contributed by atoms with E-state index in [2.05, 4.69) is 20.2 Å². The Morgan fingerprint density at radius 2 is 1.76 bits per heavy atom. The molecule has 17 heavy (non-hydrogen) atoms. The Bertz CT molecular complexity index is 556. The van der Waals surface area contributed by atoms with Crippen LogP contribution in [-0.2, 0) is 6.18 Å². The van der Waals surface area contributed by atoms with Crippen LogP contribution in [0.3, 0.4) is 0 Å². The first kappa shape index (κ1) is 11.2. The first-order chi connectivity index (χ1) is 7.97. The second-order valence-electron chi connectivity index (χ2n) is 3.10. The molecule has 0 fully saturated rings. The van der Waals surface area contributed by atoms with Crippen LogP contribution in [0.25, 0.3) is 11.3 Å². The molecular formula is C9H5F3N4O. The minimum Gasteiger partial charge on any atom is -0.268 e. The van der Waals surface area contributed by atoms with Crippen LogP contribution in [-0.4, -0.2) is 20.2 Å². The number of hydrogen-bond acceptors (Lipinski definition) is 4. The fourth-order valence-corrected chi connectivity index (χ4v) is 1.11. The van der Waals surface area contributed by atoms with Gasteiger partial charge in [0.15, 0.2) is 0 Å². The zero-order valence-corrected chi connectivity index (χ0v) is 8.19. The molecule has 0 spiro atoms. The van der Waals surface area contributed by atoms with Crippen molar-refractivity contribution < 1.29 is 13.2 Å². The molecule has 0 aliphatic rings. The van der Waals surface area contributed by atoms with Crippen molar-refractivity contribution in [3.63, 3.8) is 0 Å². The Morgan fingerprint density at radius 1 is 1.12 bits per heavy atom. The van der Waals surface area contributed by atoms with E-state index in [9.17, 15) is 18.0 Å². The van der Waals surface area contributed by atoms with Gasteiger partial charge in [-0.25, -0.2) is 15.1 Å². The van der Waals surface area contributed by atoms with Crippen molar-refractivity contribution in [2.24, 2.45) is 0 Å². The molecule has 0 unspecified atom stereocenters. The Morgan fingerprint density at radius 3 is 2.24 bits per heavy atom. The van der Waals surface area contributed by atoms with Gasteiger partial charge in [0.25, 0.3) is 5.56 Å². The molecule has 5 nitrogen and oxygen atoms in total. The summed E-state index contributed by atoms with van der Waals surface area (Å²) in [6.07, 6.45) is -2.58. The zero-order valence-electron chi connectivity index (χ0n) is 8.19. The average Bonchev–Trinajstić information content (AvgIpc) is 2.29. The topological polar surface area (TPSA) is 71.5 Å². The molecule has 0 aromatic carbocycles. The van der Waals surface area contributed by atoms with Crippen LogP contribution in [0.1, 0.15) is 5.82 Å². The van der Waals surface area contributed by atoms with E-state index in [1.54, 1.807) is 0 Å². The molecule has 2 rings (SSSR count). The summed E-state index contributed by atoms with van der Waals surface area (Å²) < 4.78 is 36.6.